The van der Waals surface area contributed by atoms with E-state index in [1.165, 1.54) is 18.2 Å². The number of rotatable bonds is 6. The van der Waals surface area contributed by atoms with Gasteiger partial charge in [0.2, 0.25) is 0 Å². The van der Waals surface area contributed by atoms with Gasteiger partial charge in [-0.25, -0.2) is 8.78 Å². The zero-order chi connectivity index (χ0) is 14.5. The molecular formula is C14H19F2NO2. The quantitative estimate of drug-likeness (QED) is 0.808. The van der Waals surface area contributed by atoms with Crippen molar-refractivity contribution in [3.05, 3.63) is 35.4 Å². The lowest BCUT2D eigenvalue weighted by Gasteiger charge is -2.30. The zero-order valence-corrected chi connectivity index (χ0v) is 11.4. The third-order valence-electron chi connectivity index (χ3n) is 2.88. The van der Waals surface area contributed by atoms with Crippen LogP contribution >= 0.6 is 0 Å². The van der Waals surface area contributed by atoms with Crippen molar-refractivity contribution >= 4 is 5.97 Å². The molecule has 1 N–H and O–H groups in total. The summed E-state index contributed by atoms with van der Waals surface area (Å²) in [6.45, 7) is 5.80. The Morgan fingerprint density at radius 1 is 1.32 bits per heavy atom. The average molecular weight is 271 g/mol. The predicted molar refractivity (Wildman–Crippen MR) is 68.6 cm³/mol. The van der Waals surface area contributed by atoms with Gasteiger partial charge in [0.15, 0.2) is 0 Å². The molecule has 1 aromatic rings. The lowest BCUT2D eigenvalue weighted by atomic mass is 9.87. The Labute approximate surface area is 112 Å². The molecule has 0 aliphatic carbocycles. The van der Waals surface area contributed by atoms with Gasteiger partial charge in [-0.05, 0) is 32.5 Å². The highest BCUT2D eigenvalue weighted by Crippen LogP contribution is 2.29. The van der Waals surface area contributed by atoms with Crippen LogP contribution in [0.5, 0.6) is 0 Å². The smallest absolute Gasteiger partial charge is 0.307 e. The van der Waals surface area contributed by atoms with Crippen LogP contribution in [0, 0.1) is 11.6 Å². The number of benzene rings is 1. The molecule has 0 spiro atoms. The van der Waals surface area contributed by atoms with Crippen molar-refractivity contribution < 1.29 is 18.3 Å². The van der Waals surface area contributed by atoms with Crippen LogP contribution in [0.3, 0.4) is 0 Å². The second kappa shape index (κ2) is 6.61. The monoisotopic (exact) mass is 271 g/mol. The number of nitrogens with one attached hydrogen (secondary N) is 1. The van der Waals surface area contributed by atoms with Gasteiger partial charge in [0.25, 0.3) is 0 Å². The van der Waals surface area contributed by atoms with E-state index in [2.05, 4.69) is 5.32 Å². The second-order valence-electron chi connectivity index (χ2n) is 4.44. The van der Waals surface area contributed by atoms with E-state index < -0.39 is 23.1 Å². The molecule has 0 amide bonds. The summed E-state index contributed by atoms with van der Waals surface area (Å²) in [5, 5.41) is 2.97. The molecule has 1 atom stereocenters. The van der Waals surface area contributed by atoms with E-state index in [4.69, 9.17) is 4.74 Å². The minimum atomic E-state index is -1.13. The van der Waals surface area contributed by atoms with E-state index >= 15 is 0 Å². The van der Waals surface area contributed by atoms with Crippen LogP contribution in [0.25, 0.3) is 0 Å². The number of hydrogen-bond acceptors (Lipinski definition) is 3. The van der Waals surface area contributed by atoms with Gasteiger partial charge in [-0.2, -0.15) is 0 Å². The summed E-state index contributed by atoms with van der Waals surface area (Å²) in [5.74, 6) is -1.84. The lowest BCUT2D eigenvalue weighted by molar-refractivity contribution is -0.144. The number of hydrogen-bond donors (Lipinski definition) is 1. The molecule has 0 saturated carbocycles. The van der Waals surface area contributed by atoms with Crippen molar-refractivity contribution in [3.63, 3.8) is 0 Å². The Morgan fingerprint density at radius 3 is 2.37 bits per heavy atom. The first-order valence-electron chi connectivity index (χ1n) is 6.29. The maximum Gasteiger partial charge on any atom is 0.307 e. The van der Waals surface area contributed by atoms with E-state index in [1.807, 2.05) is 6.92 Å². The van der Waals surface area contributed by atoms with Crippen molar-refractivity contribution in [1.82, 2.24) is 5.32 Å². The lowest BCUT2D eigenvalue weighted by Crippen LogP contribution is -2.43. The van der Waals surface area contributed by atoms with Crippen LogP contribution in [0.2, 0.25) is 0 Å². The molecule has 0 aliphatic heterocycles. The highest BCUT2D eigenvalue weighted by atomic mass is 19.1. The van der Waals surface area contributed by atoms with Gasteiger partial charge in [0.05, 0.1) is 18.6 Å². The van der Waals surface area contributed by atoms with E-state index in [9.17, 15) is 13.6 Å². The molecule has 106 valence electrons. The standard InChI is InChI=1S/C14H19F2NO2/c1-4-17-14(3,9-12(18)19-5-2)13-10(15)7-6-8-11(13)16/h6-8,17H,4-5,9H2,1-3H3. The van der Waals surface area contributed by atoms with E-state index in [-0.39, 0.29) is 18.6 Å². The molecule has 0 fully saturated rings. The topological polar surface area (TPSA) is 38.3 Å². The molecule has 3 nitrogen and oxygen atoms in total. The Balaban J connectivity index is 3.14. The van der Waals surface area contributed by atoms with Crippen molar-refractivity contribution in [1.29, 1.82) is 0 Å². The van der Waals surface area contributed by atoms with Gasteiger partial charge in [0.1, 0.15) is 11.6 Å². The van der Waals surface area contributed by atoms with Gasteiger partial charge in [-0.1, -0.05) is 13.0 Å². The molecule has 19 heavy (non-hydrogen) atoms. The van der Waals surface area contributed by atoms with E-state index in [0.717, 1.165) is 0 Å². The molecule has 1 unspecified atom stereocenters. The van der Waals surface area contributed by atoms with Crippen LogP contribution in [0.4, 0.5) is 8.78 Å². The maximum atomic E-state index is 13.9. The van der Waals surface area contributed by atoms with Crippen molar-refractivity contribution in [3.8, 4) is 0 Å². The molecule has 1 rings (SSSR count). The number of ether oxygens (including phenoxy) is 1. The van der Waals surface area contributed by atoms with Crippen molar-refractivity contribution in [2.75, 3.05) is 13.2 Å². The first-order chi connectivity index (χ1) is 8.94. The highest BCUT2D eigenvalue weighted by molar-refractivity contribution is 5.71. The first kappa shape index (κ1) is 15.6. The normalized spacial score (nSPS) is 13.9. The summed E-state index contributed by atoms with van der Waals surface area (Å²) in [6.07, 6.45) is -0.132. The van der Waals surface area contributed by atoms with Gasteiger partial charge in [-0.3, -0.25) is 4.79 Å². The molecule has 0 heterocycles. The molecule has 5 heteroatoms. The molecule has 0 bridgehead atoms. The van der Waals surface area contributed by atoms with Crippen molar-refractivity contribution in [2.24, 2.45) is 0 Å². The SMILES string of the molecule is CCNC(C)(CC(=O)OCC)c1c(F)cccc1F. The summed E-state index contributed by atoms with van der Waals surface area (Å²) in [6, 6.07) is 3.66. The average Bonchev–Trinajstić information content (AvgIpc) is 2.28. The molecule has 0 aliphatic rings. The number of esters is 1. The minimum absolute atomic E-state index is 0.132. The van der Waals surface area contributed by atoms with Crippen molar-refractivity contribution in [2.45, 2.75) is 32.7 Å². The Kier molecular flexibility index (Phi) is 5.42. The van der Waals surface area contributed by atoms with Crippen LogP contribution < -0.4 is 5.32 Å². The minimum Gasteiger partial charge on any atom is -0.466 e. The zero-order valence-electron chi connectivity index (χ0n) is 11.4. The molecule has 1 aromatic carbocycles. The Hall–Kier alpha value is -1.49. The summed E-state index contributed by atoms with van der Waals surface area (Å²) < 4.78 is 32.6. The molecule has 0 radical (unpaired) electrons. The fourth-order valence-corrected chi connectivity index (χ4v) is 2.16. The Bertz CT molecular complexity index is 431. The third-order valence-corrected chi connectivity index (χ3v) is 2.88. The van der Waals surface area contributed by atoms with Gasteiger partial charge in [0, 0.05) is 5.56 Å². The predicted octanol–water partition coefficient (Wildman–Crippen LogP) is 2.74. The van der Waals surface area contributed by atoms with Gasteiger partial charge in [-0.15, -0.1) is 0 Å². The molecular weight excluding hydrogens is 252 g/mol. The number of carbonyl (C=O) groups excluding carboxylic acids is 1. The first-order valence-corrected chi connectivity index (χ1v) is 6.29. The number of carbonyl (C=O) groups is 1. The summed E-state index contributed by atoms with van der Waals surface area (Å²) in [4.78, 5) is 11.6. The summed E-state index contributed by atoms with van der Waals surface area (Å²) in [5.41, 5.74) is -1.26. The van der Waals surface area contributed by atoms with Gasteiger partial charge >= 0.3 is 5.97 Å². The number of halogens is 2. The fraction of sp³-hybridized carbons (Fsp3) is 0.500. The van der Waals surface area contributed by atoms with Crippen LogP contribution in [0.1, 0.15) is 32.8 Å². The van der Waals surface area contributed by atoms with E-state index in [0.29, 0.717) is 6.54 Å². The molecule has 0 aromatic heterocycles. The summed E-state index contributed by atoms with van der Waals surface area (Å²) >= 11 is 0. The van der Waals surface area contributed by atoms with Crippen LogP contribution in [0.15, 0.2) is 18.2 Å². The second-order valence-corrected chi connectivity index (χ2v) is 4.44. The maximum absolute atomic E-state index is 13.9. The third kappa shape index (κ3) is 3.73. The highest BCUT2D eigenvalue weighted by Gasteiger charge is 2.34. The summed E-state index contributed by atoms with van der Waals surface area (Å²) in [7, 11) is 0. The Morgan fingerprint density at radius 2 is 1.89 bits per heavy atom. The molecule has 0 saturated heterocycles. The fourth-order valence-electron chi connectivity index (χ4n) is 2.16. The largest absolute Gasteiger partial charge is 0.466 e. The van der Waals surface area contributed by atoms with Crippen LogP contribution in [-0.4, -0.2) is 19.1 Å². The van der Waals surface area contributed by atoms with Gasteiger partial charge < -0.3 is 10.1 Å². The van der Waals surface area contributed by atoms with E-state index in [1.54, 1.807) is 13.8 Å². The van der Waals surface area contributed by atoms with Crippen LogP contribution in [-0.2, 0) is 15.1 Å².